The quantitative estimate of drug-likeness (QED) is 0.166. The highest BCUT2D eigenvalue weighted by atomic mass is 16.3. The van der Waals surface area contributed by atoms with Crippen LogP contribution in [-0.4, -0.2) is 73.6 Å². The van der Waals surface area contributed by atoms with Crippen molar-refractivity contribution in [3.63, 3.8) is 0 Å². The Balaban J connectivity index is 2.06. The molecule has 5 atom stereocenters. The average Bonchev–Trinajstić information content (AvgIpc) is 2.70. The van der Waals surface area contributed by atoms with E-state index >= 15 is 0 Å². The van der Waals surface area contributed by atoms with E-state index in [1.807, 2.05) is 0 Å². The lowest BCUT2D eigenvalue weighted by molar-refractivity contribution is -0.159. The van der Waals surface area contributed by atoms with E-state index in [-0.39, 0.29) is 23.2 Å². The zero-order valence-corrected chi connectivity index (χ0v) is 18.2. The molecule has 0 spiro atoms. The molecule has 11 heteroatoms. The van der Waals surface area contributed by atoms with E-state index < -0.39 is 75.0 Å². The SMILES string of the molecule is CN(C)[C@@H]1C(=O)C(C(N)=O)=C(O)[C@@]2(O)C(=O)C3=C(O)c4c(ccc(N)c4O)[C@@](C)(O)[C@H]3C[C@@H]12. The number of aliphatic hydroxyl groups is 4. The minimum absolute atomic E-state index is 0.0971. The predicted molar refractivity (Wildman–Crippen MR) is 115 cm³/mol. The van der Waals surface area contributed by atoms with Gasteiger partial charge in [-0.25, -0.2) is 0 Å². The summed E-state index contributed by atoms with van der Waals surface area (Å²) in [6, 6.07) is 1.50. The molecule has 0 aliphatic heterocycles. The van der Waals surface area contributed by atoms with Crippen LogP contribution in [0.1, 0.15) is 24.5 Å². The summed E-state index contributed by atoms with van der Waals surface area (Å²) in [5, 5.41) is 55.2. The van der Waals surface area contributed by atoms with Gasteiger partial charge in [-0.1, -0.05) is 6.07 Å². The lowest BCUT2D eigenvalue weighted by Crippen LogP contribution is -2.67. The predicted octanol–water partition coefficient (Wildman–Crippen LogP) is -0.789. The van der Waals surface area contributed by atoms with Crippen LogP contribution in [0.4, 0.5) is 5.69 Å². The van der Waals surface area contributed by atoms with E-state index in [0.29, 0.717) is 0 Å². The number of nitrogens with two attached hydrogens (primary N) is 2. The summed E-state index contributed by atoms with van der Waals surface area (Å²) in [6.45, 7) is 1.37. The summed E-state index contributed by atoms with van der Waals surface area (Å²) in [4.78, 5) is 40.1. The topological polar surface area (TPSA) is 208 Å². The number of aliphatic hydroxyl groups excluding tert-OH is 2. The maximum atomic E-state index is 13.7. The first kappa shape index (κ1) is 22.8. The van der Waals surface area contributed by atoms with Gasteiger partial charge >= 0.3 is 0 Å². The molecule has 1 aromatic carbocycles. The molecular formula is C22H25N3O8. The summed E-state index contributed by atoms with van der Waals surface area (Å²) in [5.41, 5.74) is 4.71. The zero-order chi connectivity index (χ0) is 24.8. The molecule has 0 saturated heterocycles. The number of hydrogen-bond donors (Lipinski definition) is 7. The van der Waals surface area contributed by atoms with Crippen molar-refractivity contribution in [3.8, 4) is 5.75 Å². The summed E-state index contributed by atoms with van der Waals surface area (Å²) < 4.78 is 0. The summed E-state index contributed by atoms with van der Waals surface area (Å²) in [5.74, 6) is -8.31. The molecule has 9 N–H and O–H groups in total. The van der Waals surface area contributed by atoms with Crippen LogP contribution in [-0.2, 0) is 20.0 Å². The molecule has 1 amide bonds. The third kappa shape index (κ3) is 2.63. The van der Waals surface area contributed by atoms with E-state index in [1.54, 1.807) is 0 Å². The van der Waals surface area contributed by atoms with E-state index in [0.717, 1.165) is 0 Å². The first-order chi connectivity index (χ1) is 15.2. The number of nitrogens with zero attached hydrogens (tertiary/aromatic N) is 1. The number of nitrogen functional groups attached to an aromatic ring is 1. The van der Waals surface area contributed by atoms with Gasteiger partial charge in [0.1, 0.15) is 22.8 Å². The van der Waals surface area contributed by atoms with Crippen LogP contribution in [0, 0.1) is 11.8 Å². The number of phenolic OH excluding ortho intramolecular Hbond substituents is 1. The van der Waals surface area contributed by atoms with Gasteiger partial charge in [-0.3, -0.25) is 19.3 Å². The molecule has 1 fully saturated rings. The number of hydrogen-bond acceptors (Lipinski definition) is 10. The number of anilines is 1. The molecule has 11 nitrogen and oxygen atoms in total. The Hall–Kier alpha value is -3.41. The van der Waals surface area contributed by atoms with E-state index in [9.17, 15) is 39.9 Å². The van der Waals surface area contributed by atoms with Gasteiger partial charge in [0.2, 0.25) is 5.78 Å². The summed E-state index contributed by atoms with van der Waals surface area (Å²) in [7, 11) is 2.98. The fourth-order valence-electron chi connectivity index (χ4n) is 5.56. The molecule has 176 valence electrons. The van der Waals surface area contributed by atoms with Gasteiger partial charge in [0.25, 0.3) is 5.91 Å². The van der Waals surface area contributed by atoms with Crippen LogP contribution >= 0.6 is 0 Å². The highest BCUT2D eigenvalue weighted by Crippen LogP contribution is 2.57. The molecule has 0 heterocycles. The smallest absolute Gasteiger partial charge is 0.255 e. The van der Waals surface area contributed by atoms with Crippen molar-refractivity contribution in [3.05, 3.63) is 40.2 Å². The summed E-state index contributed by atoms with van der Waals surface area (Å²) in [6.07, 6.45) is -0.232. The molecule has 3 aliphatic rings. The molecule has 0 unspecified atom stereocenters. The van der Waals surface area contributed by atoms with Gasteiger partial charge in [0.05, 0.1) is 22.9 Å². The van der Waals surface area contributed by atoms with Crippen LogP contribution in [0.15, 0.2) is 29.0 Å². The van der Waals surface area contributed by atoms with Crippen LogP contribution in [0.5, 0.6) is 5.75 Å². The van der Waals surface area contributed by atoms with Crippen molar-refractivity contribution in [2.24, 2.45) is 17.6 Å². The number of likely N-dealkylation sites (N-methyl/N-ethyl adjacent to an activating group) is 1. The van der Waals surface area contributed by atoms with Gasteiger partial charge < -0.3 is 37.0 Å². The Labute approximate surface area is 188 Å². The monoisotopic (exact) mass is 459 g/mol. The first-order valence-electron chi connectivity index (χ1n) is 10.2. The number of fused-ring (bicyclic) bond motifs is 3. The van der Waals surface area contributed by atoms with Crippen molar-refractivity contribution < 1.29 is 39.9 Å². The molecule has 3 aliphatic carbocycles. The number of carbonyl (C=O) groups is 3. The second kappa shape index (κ2) is 6.80. The van der Waals surface area contributed by atoms with E-state index in [2.05, 4.69) is 0 Å². The average molecular weight is 459 g/mol. The molecule has 1 saturated carbocycles. The maximum Gasteiger partial charge on any atom is 0.255 e. The number of carbonyl (C=O) groups excluding carboxylic acids is 3. The fourth-order valence-corrected chi connectivity index (χ4v) is 5.56. The molecule has 0 bridgehead atoms. The Bertz CT molecular complexity index is 1200. The Morgan fingerprint density at radius 1 is 1.15 bits per heavy atom. The Kier molecular flexibility index (Phi) is 4.69. The van der Waals surface area contributed by atoms with Crippen molar-refractivity contribution in [2.75, 3.05) is 19.8 Å². The highest BCUT2D eigenvalue weighted by Gasteiger charge is 2.66. The van der Waals surface area contributed by atoms with Crippen molar-refractivity contribution in [2.45, 2.75) is 30.6 Å². The number of phenols is 1. The largest absolute Gasteiger partial charge is 0.508 e. The lowest BCUT2D eigenvalue weighted by atomic mass is 9.54. The lowest BCUT2D eigenvalue weighted by Gasteiger charge is -2.53. The first-order valence-corrected chi connectivity index (χ1v) is 10.2. The molecule has 33 heavy (non-hydrogen) atoms. The second-order valence-corrected chi connectivity index (χ2v) is 9.19. The van der Waals surface area contributed by atoms with Crippen molar-refractivity contribution in [1.82, 2.24) is 4.90 Å². The van der Waals surface area contributed by atoms with Gasteiger partial charge in [-0.2, -0.15) is 0 Å². The van der Waals surface area contributed by atoms with Gasteiger partial charge in [0.15, 0.2) is 11.4 Å². The standard InChI is InChI=1S/C22H25N3O8/c1-21(32)7-4-5-10(23)15(26)11(7)16(27)12-8(21)6-9-14(25(2)3)17(28)13(20(24)31)19(30)22(9,33)18(12)29/h4-5,8-9,14,26-27,30,32-33H,6,23H2,1-3H3,(H2,24,31)/t8-,9-,14-,21+,22-/m0/s1. The maximum absolute atomic E-state index is 13.7. The molecular weight excluding hydrogens is 434 g/mol. The number of aromatic hydroxyl groups is 1. The van der Waals surface area contributed by atoms with Crippen LogP contribution in [0.25, 0.3) is 5.76 Å². The van der Waals surface area contributed by atoms with Gasteiger partial charge in [0, 0.05) is 17.4 Å². The fraction of sp³-hybridized carbons (Fsp3) is 0.409. The number of amides is 1. The van der Waals surface area contributed by atoms with E-state index in [1.165, 1.54) is 38.1 Å². The molecule has 0 aromatic heterocycles. The third-order valence-corrected chi connectivity index (χ3v) is 7.19. The Morgan fingerprint density at radius 2 is 1.76 bits per heavy atom. The van der Waals surface area contributed by atoms with Crippen molar-refractivity contribution in [1.29, 1.82) is 0 Å². The molecule has 0 radical (unpaired) electrons. The van der Waals surface area contributed by atoms with Crippen LogP contribution < -0.4 is 11.5 Å². The number of benzene rings is 1. The summed E-state index contributed by atoms with van der Waals surface area (Å²) >= 11 is 0. The van der Waals surface area contributed by atoms with E-state index in [4.69, 9.17) is 11.5 Å². The van der Waals surface area contributed by atoms with Gasteiger partial charge in [-0.05, 0) is 39.1 Å². The van der Waals surface area contributed by atoms with Crippen LogP contribution in [0.2, 0.25) is 0 Å². The minimum Gasteiger partial charge on any atom is -0.508 e. The number of rotatable bonds is 2. The second-order valence-electron chi connectivity index (χ2n) is 9.19. The van der Waals surface area contributed by atoms with Crippen LogP contribution in [0.3, 0.4) is 0 Å². The highest BCUT2D eigenvalue weighted by molar-refractivity contribution is 6.24. The minimum atomic E-state index is -2.78. The normalized spacial score (nSPS) is 33.7. The number of Topliss-reactive ketones (excluding diaryl/α,β-unsaturated/α-hetero) is 2. The number of primary amides is 1. The Morgan fingerprint density at radius 3 is 2.30 bits per heavy atom. The zero-order valence-electron chi connectivity index (χ0n) is 18.2. The molecule has 1 aromatic rings. The number of ketones is 2. The van der Waals surface area contributed by atoms with Gasteiger partial charge in [-0.15, -0.1) is 0 Å². The third-order valence-electron chi connectivity index (χ3n) is 7.19. The molecule has 4 rings (SSSR count). The van der Waals surface area contributed by atoms with Crippen molar-refractivity contribution >= 4 is 28.9 Å².